The summed E-state index contributed by atoms with van der Waals surface area (Å²) in [6.07, 6.45) is 3.13. The average Bonchev–Trinajstić information content (AvgIpc) is 2.88. The van der Waals surface area contributed by atoms with Crippen molar-refractivity contribution in [1.29, 1.82) is 0 Å². The highest BCUT2D eigenvalue weighted by molar-refractivity contribution is 7.90. The molecule has 12 nitrogen and oxygen atoms in total. The summed E-state index contributed by atoms with van der Waals surface area (Å²) in [6, 6.07) is 11.5. The van der Waals surface area contributed by atoms with Gasteiger partial charge in [0.2, 0.25) is 5.95 Å². The number of benzene rings is 2. The number of hydrogen-bond acceptors (Lipinski definition) is 11. The van der Waals surface area contributed by atoms with Gasteiger partial charge in [-0.2, -0.15) is 0 Å². The zero-order valence-corrected chi connectivity index (χ0v) is 24.3. The summed E-state index contributed by atoms with van der Waals surface area (Å²) in [5, 5.41) is 36.7. The standard InChI is InChI=1S/C28H37N5O7S/c1-28(2,3)40-27(37)32-12-6-11-29-25(41(4,38)39)20-8-5-7-19(17-20)21-10-14-31-26(33-21)30-13-9-18-15-22(34)24(36)23(35)16-18/h5,7-8,10,14-17,25,29,34-36H,6,9,11-13H2,1-4H3,(H,32,37)(H,30,31,33). The first-order chi connectivity index (χ1) is 19.2. The number of carbonyl (C=O) groups is 1. The van der Waals surface area contributed by atoms with E-state index < -0.39 is 44.2 Å². The number of aromatic nitrogens is 2. The van der Waals surface area contributed by atoms with Crippen LogP contribution in [0.1, 0.15) is 43.7 Å². The van der Waals surface area contributed by atoms with Crippen LogP contribution in [0.3, 0.4) is 0 Å². The van der Waals surface area contributed by atoms with E-state index in [4.69, 9.17) is 4.74 Å². The largest absolute Gasteiger partial charge is 0.504 e. The molecule has 3 rings (SSSR count). The molecule has 1 aromatic heterocycles. The summed E-state index contributed by atoms with van der Waals surface area (Å²) < 4.78 is 30.4. The van der Waals surface area contributed by atoms with Crippen LogP contribution in [0.5, 0.6) is 17.2 Å². The fraction of sp³-hybridized carbons (Fsp3) is 0.393. The lowest BCUT2D eigenvalue weighted by Crippen LogP contribution is -2.35. The smallest absolute Gasteiger partial charge is 0.407 e. The van der Waals surface area contributed by atoms with Crippen LogP contribution in [-0.2, 0) is 21.0 Å². The minimum atomic E-state index is -3.52. The van der Waals surface area contributed by atoms with Crippen molar-refractivity contribution in [1.82, 2.24) is 20.6 Å². The highest BCUT2D eigenvalue weighted by atomic mass is 32.2. The zero-order chi connectivity index (χ0) is 30.2. The van der Waals surface area contributed by atoms with E-state index in [0.717, 1.165) is 6.26 Å². The van der Waals surface area contributed by atoms with E-state index in [1.807, 2.05) is 6.07 Å². The van der Waals surface area contributed by atoms with Crippen molar-refractivity contribution in [2.75, 3.05) is 31.2 Å². The molecule has 0 saturated carbocycles. The molecule has 0 radical (unpaired) electrons. The lowest BCUT2D eigenvalue weighted by atomic mass is 10.1. The van der Waals surface area contributed by atoms with Gasteiger partial charge in [-0.05, 0) is 75.5 Å². The van der Waals surface area contributed by atoms with Crippen LogP contribution in [0.25, 0.3) is 11.3 Å². The quantitative estimate of drug-likeness (QED) is 0.135. The van der Waals surface area contributed by atoms with Crippen LogP contribution >= 0.6 is 0 Å². The first-order valence-corrected chi connectivity index (χ1v) is 15.0. The minimum absolute atomic E-state index is 0.324. The molecule has 222 valence electrons. The molecule has 41 heavy (non-hydrogen) atoms. The monoisotopic (exact) mass is 587 g/mol. The second kappa shape index (κ2) is 13.5. The summed E-state index contributed by atoms with van der Waals surface area (Å²) in [7, 11) is -3.52. The van der Waals surface area contributed by atoms with E-state index >= 15 is 0 Å². The number of aromatic hydroxyl groups is 3. The summed E-state index contributed by atoms with van der Waals surface area (Å²) >= 11 is 0. The molecule has 3 aromatic rings. The van der Waals surface area contributed by atoms with Gasteiger partial charge >= 0.3 is 6.09 Å². The molecule has 2 aromatic carbocycles. The molecule has 1 unspecified atom stereocenters. The van der Waals surface area contributed by atoms with E-state index in [1.54, 1.807) is 51.2 Å². The Morgan fingerprint density at radius 3 is 2.39 bits per heavy atom. The molecule has 0 spiro atoms. The number of carbonyl (C=O) groups excluding carboxylic acids is 1. The van der Waals surface area contributed by atoms with E-state index in [-0.39, 0.29) is 0 Å². The Bertz CT molecular complexity index is 1440. The van der Waals surface area contributed by atoms with Gasteiger partial charge in [-0.3, -0.25) is 5.32 Å². The number of phenolic OH excluding ortho intramolecular Hbond substituents is 3. The zero-order valence-electron chi connectivity index (χ0n) is 23.5. The van der Waals surface area contributed by atoms with Gasteiger partial charge in [-0.15, -0.1) is 0 Å². The Hall–Kier alpha value is -4.10. The van der Waals surface area contributed by atoms with Crippen molar-refractivity contribution in [3.63, 3.8) is 0 Å². The summed E-state index contributed by atoms with van der Waals surface area (Å²) in [5.41, 5.74) is 1.83. The molecule has 1 heterocycles. The molecule has 0 aliphatic carbocycles. The van der Waals surface area contributed by atoms with Gasteiger partial charge in [0.15, 0.2) is 27.1 Å². The fourth-order valence-corrected chi connectivity index (χ4v) is 4.99. The van der Waals surface area contributed by atoms with E-state index in [9.17, 15) is 28.5 Å². The number of nitrogens with zero attached hydrogens (tertiary/aromatic N) is 2. The highest BCUT2D eigenvalue weighted by Crippen LogP contribution is 2.35. The second-order valence-electron chi connectivity index (χ2n) is 10.5. The Labute approximate surface area is 239 Å². The number of phenols is 3. The van der Waals surface area contributed by atoms with E-state index in [0.29, 0.717) is 60.8 Å². The van der Waals surface area contributed by atoms with Gasteiger partial charge in [0.25, 0.3) is 0 Å². The van der Waals surface area contributed by atoms with Crippen LogP contribution < -0.4 is 16.0 Å². The molecule has 0 aliphatic rings. The van der Waals surface area contributed by atoms with Gasteiger partial charge in [0.05, 0.1) is 5.69 Å². The maximum atomic E-state index is 12.6. The minimum Gasteiger partial charge on any atom is -0.504 e. The normalized spacial score (nSPS) is 12.5. The van der Waals surface area contributed by atoms with E-state index in [2.05, 4.69) is 25.9 Å². The third kappa shape index (κ3) is 9.80. The number of amides is 1. The molecular formula is C28H37N5O7S. The van der Waals surface area contributed by atoms with Crippen LogP contribution in [0, 0.1) is 0 Å². The van der Waals surface area contributed by atoms with Crippen LogP contribution in [-0.4, -0.2) is 71.3 Å². The topological polar surface area (TPSA) is 183 Å². The van der Waals surface area contributed by atoms with Crippen LogP contribution in [0.4, 0.5) is 10.7 Å². The van der Waals surface area contributed by atoms with Crippen LogP contribution in [0.2, 0.25) is 0 Å². The van der Waals surface area contributed by atoms with E-state index in [1.165, 1.54) is 12.1 Å². The van der Waals surface area contributed by atoms with Crippen molar-refractivity contribution in [2.45, 2.75) is 44.6 Å². The number of rotatable bonds is 12. The van der Waals surface area contributed by atoms with Crippen molar-refractivity contribution in [3.05, 3.63) is 59.8 Å². The SMILES string of the molecule is CC(C)(C)OC(=O)NCCCNC(c1cccc(-c2ccnc(NCCc3cc(O)c(O)c(O)c3)n2)c1)S(C)(=O)=O. The molecule has 0 aliphatic heterocycles. The number of nitrogens with one attached hydrogen (secondary N) is 3. The predicted octanol–water partition coefficient (Wildman–Crippen LogP) is 3.46. The van der Waals surface area contributed by atoms with Gasteiger partial charge in [0, 0.05) is 31.1 Å². The maximum Gasteiger partial charge on any atom is 0.407 e. The fourth-order valence-electron chi connectivity index (χ4n) is 3.93. The highest BCUT2D eigenvalue weighted by Gasteiger charge is 2.23. The second-order valence-corrected chi connectivity index (χ2v) is 12.6. The lowest BCUT2D eigenvalue weighted by molar-refractivity contribution is 0.0527. The van der Waals surface area contributed by atoms with Crippen molar-refractivity contribution in [3.8, 4) is 28.5 Å². The summed E-state index contributed by atoms with van der Waals surface area (Å²) in [6.45, 7) is 6.38. The third-order valence-electron chi connectivity index (χ3n) is 5.75. The summed E-state index contributed by atoms with van der Waals surface area (Å²) in [5.74, 6) is -1.03. The van der Waals surface area contributed by atoms with Gasteiger partial charge in [-0.25, -0.2) is 23.2 Å². The lowest BCUT2D eigenvalue weighted by Gasteiger charge is -2.20. The van der Waals surface area contributed by atoms with Crippen LogP contribution in [0.15, 0.2) is 48.7 Å². The number of sulfone groups is 1. The maximum absolute atomic E-state index is 12.6. The Morgan fingerprint density at radius 2 is 1.73 bits per heavy atom. The number of anilines is 1. The molecule has 1 amide bonds. The number of ether oxygens (including phenoxy) is 1. The molecule has 13 heteroatoms. The third-order valence-corrected chi connectivity index (χ3v) is 7.04. The first-order valence-electron chi connectivity index (χ1n) is 13.0. The van der Waals surface area contributed by atoms with Gasteiger partial charge < -0.3 is 30.7 Å². The molecular weight excluding hydrogens is 550 g/mol. The Balaban J connectivity index is 1.63. The Kier molecular flexibility index (Phi) is 10.4. The van der Waals surface area contributed by atoms with Crippen molar-refractivity contribution in [2.24, 2.45) is 0 Å². The number of hydrogen-bond donors (Lipinski definition) is 6. The molecule has 0 saturated heterocycles. The molecule has 0 bridgehead atoms. The van der Waals surface area contributed by atoms with Crippen molar-refractivity contribution >= 4 is 21.9 Å². The van der Waals surface area contributed by atoms with Gasteiger partial charge in [-0.1, -0.05) is 18.2 Å². The molecule has 0 fully saturated rings. The number of alkyl carbamates (subject to hydrolysis) is 1. The first kappa shape index (κ1) is 31.4. The summed E-state index contributed by atoms with van der Waals surface area (Å²) in [4.78, 5) is 20.6. The molecule has 1 atom stereocenters. The average molecular weight is 588 g/mol. The van der Waals surface area contributed by atoms with Crippen molar-refractivity contribution < 1.29 is 33.3 Å². The predicted molar refractivity (Wildman–Crippen MR) is 156 cm³/mol. The van der Waals surface area contributed by atoms with Gasteiger partial charge in [0.1, 0.15) is 11.0 Å². The molecule has 6 N–H and O–H groups in total. The Morgan fingerprint density at radius 1 is 1.02 bits per heavy atom.